The van der Waals surface area contributed by atoms with Crippen LogP contribution in [0.3, 0.4) is 0 Å². The number of rotatable bonds is 4. The maximum atomic E-state index is 12.4. The summed E-state index contributed by atoms with van der Waals surface area (Å²) in [6.45, 7) is 4.83. The van der Waals surface area contributed by atoms with Gasteiger partial charge in [-0.25, -0.2) is 9.97 Å². The van der Waals surface area contributed by atoms with Crippen LogP contribution in [0.2, 0.25) is 0 Å². The molecule has 3 rings (SSSR count). The summed E-state index contributed by atoms with van der Waals surface area (Å²) in [5.41, 5.74) is 0.541. The Balaban J connectivity index is 1.72. The molecule has 1 fully saturated rings. The van der Waals surface area contributed by atoms with E-state index in [4.69, 9.17) is 4.42 Å². The van der Waals surface area contributed by atoms with Gasteiger partial charge in [-0.05, 0) is 26.0 Å². The molecule has 7 heteroatoms. The van der Waals surface area contributed by atoms with Gasteiger partial charge < -0.3 is 19.7 Å². The average molecular weight is 316 g/mol. The van der Waals surface area contributed by atoms with Crippen LogP contribution in [0, 0.1) is 19.8 Å². The normalized spacial score (nSPS) is 20.7. The topological polar surface area (TPSA) is 91.5 Å². The zero-order chi connectivity index (χ0) is 16.4. The van der Waals surface area contributed by atoms with Crippen molar-refractivity contribution in [3.05, 3.63) is 41.7 Å². The maximum Gasteiger partial charge on any atom is 0.255 e. The third-order valence-electron chi connectivity index (χ3n) is 4.17. The molecule has 0 aliphatic carbocycles. The zero-order valence-electron chi connectivity index (χ0n) is 13.2. The van der Waals surface area contributed by atoms with Gasteiger partial charge in [-0.15, -0.1) is 0 Å². The lowest BCUT2D eigenvalue weighted by molar-refractivity contribution is 0.0920. The SMILES string of the molecule is Cc1cc(C(=O)N[C@@H]2CN(c3ccncn3)C[C@H]2CO)c(C)o1. The van der Waals surface area contributed by atoms with Crippen LogP contribution in [0.25, 0.3) is 0 Å². The summed E-state index contributed by atoms with van der Waals surface area (Å²) in [4.78, 5) is 22.6. The molecule has 2 aromatic rings. The van der Waals surface area contributed by atoms with Gasteiger partial charge in [0.1, 0.15) is 23.7 Å². The summed E-state index contributed by atoms with van der Waals surface area (Å²) in [7, 11) is 0. The lowest BCUT2D eigenvalue weighted by atomic mass is 10.0. The fourth-order valence-electron chi connectivity index (χ4n) is 2.98. The van der Waals surface area contributed by atoms with E-state index < -0.39 is 0 Å². The van der Waals surface area contributed by atoms with Crippen LogP contribution in [-0.4, -0.2) is 46.7 Å². The van der Waals surface area contributed by atoms with E-state index >= 15 is 0 Å². The highest BCUT2D eigenvalue weighted by Crippen LogP contribution is 2.22. The maximum absolute atomic E-state index is 12.4. The summed E-state index contributed by atoms with van der Waals surface area (Å²) in [6, 6.07) is 3.41. The lowest BCUT2D eigenvalue weighted by Crippen LogP contribution is -2.41. The average Bonchev–Trinajstić information content (AvgIpc) is 3.11. The number of aliphatic hydroxyl groups excluding tert-OH is 1. The number of aryl methyl sites for hydroxylation is 2. The molecule has 0 aromatic carbocycles. The summed E-state index contributed by atoms with van der Waals surface area (Å²) in [5, 5.41) is 12.6. The van der Waals surface area contributed by atoms with E-state index in [0.29, 0.717) is 30.2 Å². The number of carbonyl (C=O) groups is 1. The molecular formula is C16H20N4O3. The third-order valence-corrected chi connectivity index (χ3v) is 4.17. The van der Waals surface area contributed by atoms with E-state index in [1.165, 1.54) is 6.33 Å². The monoisotopic (exact) mass is 316 g/mol. The molecule has 1 saturated heterocycles. The van der Waals surface area contributed by atoms with Crippen molar-refractivity contribution in [1.82, 2.24) is 15.3 Å². The molecule has 0 radical (unpaired) electrons. The fourth-order valence-corrected chi connectivity index (χ4v) is 2.98. The molecule has 1 aliphatic heterocycles. The number of hydrogen-bond acceptors (Lipinski definition) is 6. The second-order valence-corrected chi connectivity index (χ2v) is 5.82. The highest BCUT2D eigenvalue weighted by Gasteiger charge is 2.34. The van der Waals surface area contributed by atoms with Crippen molar-refractivity contribution < 1.29 is 14.3 Å². The van der Waals surface area contributed by atoms with Gasteiger partial charge in [0.25, 0.3) is 5.91 Å². The molecule has 0 spiro atoms. The Morgan fingerprint density at radius 1 is 1.48 bits per heavy atom. The Kier molecular flexibility index (Phi) is 4.29. The number of anilines is 1. The van der Waals surface area contributed by atoms with Crippen molar-refractivity contribution in [3.63, 3.8) is 0 Å². The first kappa shape index (κ1) is 15.5. The molecule has 2 atom stereocenters. The first-order valence-electron chi connectivity index (χ1n) is 7.58. The van der Waals surface area contributed by atoms with Crippen molar-refractivity contribution in [1.29, 1.82) is 0 Å². The van der Waals surface area contributed by atoms with Gasteiger partial charge in [0, 0.05) is 31.8 Å². The molecule has 1 aliphatic rings. The predicted octanol–water partition coefficient (Wildman–Crippen LogP) is 0.914. The summed E-state index contributed by atoms with van der Waals surface area (Å²) in [6.07, 6.45) is 3.17. The number of aromatic nitrogens is 2. The van der Waals surface area contributed by atoms with Gasteiger partial charge >= 0.3 is 0 Å². The Hall–Kier alpha value is -2.41. The quantitative estimate of drug-likeness (QED) is 0.871. The molecule has 3 heterocycles. The van der Waals surface area contributed by atoms with Crippen molar-refractivity contribution in [2.24, 2.45) is 5.92 Å². The molecule has 122 valence electrons. The Labute approximate surface area is 134 Å². The van der Waals surface area contributed by atoms with Gasteiger partial charge in [-0.2, -0.15) is 0 Å². The Bertz CT molecular complexity index is 686. The Morgan fingerprint density at radius 2 is 2.30 bits per heavy atom. The summed E-state index contributed by atoms with van der Waals surface area (Å²) in [5.74, 6) is 1.90. The van der Waals surface area contributed by atoms with Crippen LogP contribution in [0.15, 0.2) is 29.1 Å². The highest BCUT2D eigenvalue weighted by molar-refractivity contribution is 5.95. The largest absolute Gasteiger partial charge is 0.466 e. The lowest BCUT2D eigenvalue weighted by Gasteiger charge is -2.18. The van der Waals surface area contributed by atoms with Gasteiger partial charge in [0.15, 0.2) is 0 Å². The zero-order valence-corrected chi connectivity index (χ0v) is 13.2. The second-order valence-electron chi connectivity index (χ2n) is 5.82. The van der Waals surface area contributed by atoms with E-state index in [1.807, 2.05) is 17.9 Å². The molecule has 7 nitrogen and oxygen atoms in total. The second kappa shape index (κ2) is 6.37. The first-order chi connectivity index (χ1) is 11.1. The number of furan rings is 1. The van der Waals surface area contributed by atoms with E-state index in [1.54, 1.807) is 19.2 Å². The summed E-state index contributed by atoms with van der Waals surface area (Å²) < 4.78 is 5.41. The molecule has 2 aromatic heterocycles. The summed E-state index contributed by atoms with van der Waals surface area (Å²) >= 11 is 0. The number of aliphatic hydroxyl groups is 1. The molecule has 0 bridgehead atoms. The number of amides is 1. The number of carbonyl (C=O) groups excluding carboxylic acids is 1. The van der Waals surface area contributed by atoms with Crippen LogP contribution < -0.4 is 10.2 Å². The number of nitrogens with one attached hydrogen (secondary N) is 1. The minimum absolute atomic E-state index is 0.00985. The van der Waals surface area contributed by atoms with Gasteiger partial charge in [-0.1, -0.05) is 0 Å². The van der Waals surface area contributed by atoms with Crippen LogP contribution in [-0.2, 0) is 0 Å². The van der Waals surface area contributed by atoms with Crippen molar-refractivity contribution in [2.45, 2.75) is 19.9 Å². The first-order valence-corrected chi connectivity index (χ1v) is 7.58. The standard InChI is InChI=1S/C16H20N4O3/c1-10-5-13(11(2)23-10)16(22)19-14-7-20(6-12(14)8-21)15-3-4-17-9-18-15/h3-5,9,12,14,21H,6-8H2,1-2H3,(H,19,22)/t12-,14+/m0/s1. The Morgan fingerprint density at radius 3 is 2.91 bits per heavy atom. The van der Waals surface area contributed by atoms with E-state index in [9.17, 15) is 9.90 Å². The van der Waals surface area contributed by atoms with Gasteiger partial charge in [0.05, 0.1) is 11.6 Å². The molecular weight excluding hydrogens is 296 g/mol. The predicted molar refractivity (Wildman–Crippen MR) is 84.3 cm³/mol. The highest BCUT2D eigenvalue weighted by atomic mass is 16.3. The minimum Gasteiger partial charge on any atom is -0.466 e. The van der Waals surface area contributed by atoms with Gasteiger partial charge in [0.2, 0.25) is 0 Å². The van der Waals surface area contributed by atoms with Crippen LogP contribution in [0.1, 0.15) is 21.9 Å². The van der Waals surface area contributed by atoms with Crippen molar-refractivity contribution in [3.8, 4) is 0 Å². The third kappa shape index (κ3) is 3.19. The van der Waals surface area contributed by atoms with Crippen molar-refractivity contribution in [2.75, 3.05) is 24.6 Å². The van der Waals surface area contributed by atoms with E-state index in [-0.39, 0.29) is 24.5 Å². The minimum atomic E-state index is -0.174. The smallest absolute Gasteiger partial charge is 0.255 e. The van der Waals surface area contributed by atoms with E-state index in [2.05, 4.69) is 15.3 Å². The van der Waals surface area contributed by atoms with E-state index in [0.717, 1.165) is 5.82 Å². The number of hydrogen-bond donors (Lipinski definition) is 2. The number of nitrogens with zero attached hydrogens (tertiary/aromatic N) is 3. The molecule has 23 heavy (non-hydrogen) atoms. The van der Waals surface area contributed by atoms with Crippen LogP contribution >= 0.6 is 0 Å². The molecule has 0 saturated carbocycles. The van der Waals surface area contributed by atoms with Gasteiger partial charge in [-0.3, -0.25) is 4.79 Å². The molecule has 1 amide bonds. The molecule has 0 unspecified atom stereocenters. The van der Waals surface area contributed by atoms with Crippen molar-refractivity contribution >= 4 is 11.7 Å². The molecule has 2 N–H and O–H groups in total. The fraction of sp³-hybridized carbons (Fsp3) is 0.438. The van der Waals surface area contributed by atoms with Crippen LogP contribution in [0.4, 0.5) is 5.82 Å². The van der Waals surface area contributed by atoms with Crippen LogP contribution in [0.5, 0.6) is 0 Å².